The number of halogens is 2. The van der Waals surface area contributed by atoms with Gasteiger partial charge < -0.3 is 15.0 Å². The number of aromatic nitrogens is 5. The lowest BCUT2D eigenvalue weighted by molar-refractivity contribution is 0.374. The minimum absolute atomic E-state index is 0.00891. The second-order valence-electron chi connectivity index (χ2n) is 8.81. The summed E-state index contributed by atoms with van der Waals surface area (Å²) >= 11 is 5.90. The summed E-state index contributed by atoms with van der Waals surface area (Å²) in [6, 6.07) is 6.97. The number of hydrogen-bond donors (Lipinski definition) is 1. The molecule has 3 atom stereocenters. The molecule has 3 heterocycles. The molecule has 33 heavy (non-hydrogen) atoms. The average molecular weight is 472 g/mol. The molecule has 1 saturated carbocycles. The van der Waals surface area contributed by atoms with Gasteiger partial charge in [0.1, 0.15) is 23.7 Å². The molecular formula is C23H27ClFN7O. The predicted octanol–water partition coefficient (Wildman–Crippen LogP) is 4.70. The van der Waals surface area contributed by atoms with Crippen LogP contribution in [0.5, 0.6) is 11.8 Å². The predicted molar refractivity (Wildman–Crippen MR) is 124 cm³/mol. The molecule has 10 heteroatoms. The molecule has 1 N–H and O–H groups in total. The Balaban J connectivity index is 1.31. The first-order valence-corrected chi connectivity index (χ1v) is 11.8. The standard InChI is InChI=1S/C23H27ClFN7O/c1-3-8-32-23(33-17-6-7-19(25)18(24)10-17)29-22(30-32)28-21-15-4-5-16(21)12-31(11-15)20-9-14(2)26-13-27-20/h6-7,9-10,13,15-16,21H,3-5,8,11-12H2,1-2H3,(H,28,30)/t15-,16+,21-. The maximum absolute atomic E-state index is 13.5. The van der Waals surface area contributed by atoms with E-state index in [1.165, 1.54) is 18.2 Å². The van der Waals surface area contributed by atoms with Gasteiger partial charge in [0.15, 0.2) is 0 Å². The second-order valence-corrected chi connectivity index (χ2v) is 9.22. The summed E-state index contributed by atoms with van der Waals surface area (Å²) in [7, 11) is 0. The van der Waals surface area contributed by atoms with E-state index >= 15 is 0 Å². The molecule has 2 bridgehead atoms. The van der Waals surface area contributed by atoms with Gasteiger partial charge in [-0.3, -0.25) is 0 Å². The zero-order chi connectivity index (χ0) is 22.9. The van der Waals surface area contributed by atoms with E-state index < -0.39 is 5.82 Å². The van der Waals surface area contributed by atoms with Crippen molar-refractivity contribution in [2.45, 2.75) is 45.7 Å². The summed E-state index contributed by atoms with van der Waals surface area (Å²) in [5, 5.41) is 8.24. The smallest absolute Gasteiger partial charge is 0.322 e. The Bertz CT molecular complexity index is 1130. The van der Waals surface area contributed by atoms with E-state index in [0.29, 0.717) is 42.1 Å². The minimum atomic E-state index is -0.486. The van der Waals surface area contributed by atoms with Gasteiger partial charge in [0, 0.05) is 43.5 Å². The topological polar surface area (TPSA) is 81.0 Å². The first-order chi connectivity index (χ1) is 16.0. The van der Waals surface area contributed by atoms with Crippen LogP contribution in [0, 0.1) is 24.6 Å². The first-order valence-electron chi connectivity index (χ1n) is 11.4. The SMILES string of the molecule is CCCn1nc(N[C@@H]2[C@@H]3CC[C@H]2CN(c2cc(C)ncn2)C3)nc1Oc1ccc(F)c(Cl)c1. The highest BCUT2D eigenvalue weighted by Crippen LogP contribution is 2.40. The van der Waals surface area contributed by atoms with Crippen LogP contribution in [0.4, 0.5) is 16.2 Å². The number of nitrogens with one attached hydrogen (secondary N) is 1. The van der Waals surface area contributed by atoms with Crippen LogP contribution >= 0.6 is 11.6 Å². The largest absolute Gasteiger partial charge is 0.424 e. The number of hydrogen-bond acceptors (Lipinski definition) is 7. The van der Waals surface area contributed by atoms with Crippen LogP contribution < -0.4 is 15.0 Å². The summed E-state index contributed by atoms with van der Waals surface area (Å²) in [5.74, 6) is 2.46. The molecule has 8 nitrogen and oxygen atoms in total. The fourth-order valence-electron chi connectivity index (χ4n) is 4.88. The van der Waals surface area contributed by atoms with Crippen LogP contribution in [-0.4, -0.2) is 43.9 Å². The third-order valence-electron chi connectivity index (χ3n) is 6.42. The van der Waals surface area contributed by atoms with Gasteiger partial charge in [0.25, 0.3) is 0 Å². The molecule has 0 radical (unpaired) electrons. The van der Waals surface area contributed by atoms with Gasteiger partial charge in [-0.15, -0.1) is 5.10 Å². The van der Waals surface area contributed by atoms with Gasteiger partial charge in [-0.1, -0.05) is 18.5 Å². The Labute approximate surface area is 197 Å². The second kappa shape index (κ2) is 9.13. The summed E-state index contributed by atoms with van der Waals surface area (Å²) in [6.45, 7) is 6.61. The third kappa shape index (κ3) is 4.59. The Hall–Kier alpha value is -2.94. The number of benzene rings is 1. The van der Waals surface area contributed by atoms with E-state index in [0.717, 1.165) is 43.9 Å². The van der Waals surface area contributed by atoms with Crippen LogP contribution in [0.3, 0.4) is 0 Å². The zero-order valence-corrected chi connectivity index (χ0v) is 19.5. The molecule has 1 aliphatic heterocycles. The van der Waals surface area contributed by atoms with E-state index in [1.54, 1.807) is 11.0 Å². The maximum atomic E-state index is 13.5. The lowest BCUT2D eigenvalue weighted by Gasteiger charge is -2.38. The number of rotatable bonds is 7. The molecular weight excluding hydrogens is 445 g/mol. The summed E-state index contributed by atoms with van der Waals surface area (Å²) < 4.78 is 21.1. The Kier molecular flexibility index (Phi) is 6.05. The van der Waals surface area contributed by atoms with Gasteiger partial charge in [0.2, 0.25) is 5.95 Å². The lowest BCUT2D eigenvalue weighted by Crippen LogP contribution is -2.48. The van der Waals surface area contributed by atoms with Crippen LogP contribution in [0.1, 0.15) is 31.9 Å². The average Bonchev–Trinajstić information content (AvgIpc) is 3.26. The molecule has 2 aliphatic rings. The molecule has 0 amide bonds. The summed E-state index contributed by atoms with van der Waals surface area (Å²) in [4.78, 5) is 15.7. The maximum Gasteiger partial charge on any atom is 0.322 e. The molecule has 174 valence electrons. The van der Waals surface area contributed by atoms with Crippen LogP contribution in [0.25, 0.3) is 0 Å². The number of anilines is 2. The van der Waals surface area contributed by atoms with E-state index in [-0.39, 0.29) is 5.02 Å². The number of ether oxygens (including phenoxy) is 1. The van der Waals surface area contributed by atoms with Crippen molar-refractivity contribution in [2.24, 2.45) is 11.8 Å². The number of fused-ring (bicyclic) bond motifs is 2. The van der Waals surface area contributed by atoms with Crippen molar-refractivity contribution in [3.8, 4) is 11.8 Å². The van der Waals surface area contributed by atoms with Crippen molar-refractivity contribution in [1.29, 1.82) is 0 Å². The van der Waals surface area contributed by atoms with Crippen LogP contribution in [0.15, 0.2) is 30.6 Å². The van der Waals surface area contributed by atoms with Crippen molar-refractivity contribution < 1.29 is 9.13 Å². The normalized spacial score (nSPS) is 21.9. The molecule has 1 aromatic carbocycles. The monoisotopic (exact) mass is 471 g/mol. The Morgan fingerprint density at radius 1 is 1.18 bits per heavy atom. The quantitative estimate of drug-likeness (QED) is 0.535. The van der Waals surface area contributed by atoms with Crippen molar-refractivity contribution in [3.63, 3.8) is 0 Å². The van der Waals surface area contributed by atoms with Crippen LogP contribution in [0.2, 0.25) is 5.02 Å². The lowest BCUT2D eigenvalue weighted by atomic mass is 9.92. The Morgan fingerprint density at radius 3 is 2.67 bits per heavy atom. The molecule has 2 fully saturated rings. The van der Waals surface area contributed by atoms with Crippen molar-refractivity contribution in [2.75, 3.05) is 23.3 Å². The van der Waals surface area contributed by atoms with Gasteiger partial charge in [-0.2, -0.15) is 4.98 Å². The van der Waals surface area contributed by atoms with Crippen molar-refractivity contribution in [3.05, 3.63) is 47.1 Å². The highest BCUT2D eigenvalue weighted by Gasteiger charge is 2.43. The van der Waals surface area contributed by atoms with Crippen molar-refractivity contribution in [1.82, 2.24) is 24.7 Å². The molecule has 2 aromatic heterocycles. The number of aryl methyl sites for hydroxylation is 2. The Morgan fingerprint density at radius 2 is 1.97 bits per heavy atom. The number of nitrogens with zero attached hydrogens (tertiary/aromatic N) is 6. The summed E-state index contributed by atoms with van der Waals surface area (Å²) in [5.41, 5.74) is 0.980. The highest BCUT2D eigenvalue weighted by atomic mass is 35.5. The fraction of sp³-hybridized carbons (Fsp3) is 0.478. The van der Waals surface area contributed by atoms with Gasteiger partial charge in [-0.05, 0) is 50.2 Å². The van der Waals surface area contributed by atoms with E-state index in [2.05, 4.69) is 37.2 Å². The molecule has 0 spiro atoms. The molecule has 3 aromatic rings. The third-order valence-corrected chi connectivity index (χ3v) is 6.71. The van der Waals surface area contributed by atoms with E-state index in [1.807, 2.05) is 13.0 Å². The summed E-state index contributed by atoms with van der Waals surface area (Å²) in [6.07, 6.45) is 4.84. The fourth-order valence-corrected chi connectivity index (χ4v) is 5.05. The van der Waals surface area contributed by atoms with Gasteiger partial charge >= 0.3 is 6.01 Å². The molecule has 5 rings (SSSR count). The molecule has 0 unspecified atom stereocenters. The first kappa shape index (κ1) is 21.9. The van der Waals surface area contributed by atoms with E-state index in [4.69, 9.17) is 16.3 Å². The molecule has 1 saturated heterocycles. The van der Waals surface area contributed by atoms with Gasteiger partial charge in [0.05, 0.1) is 5.02 Å². The number of piperidine rings is 1. The van der Waals surface area contributed by atoms with Crippen molar-refractivity contribution >= 4 is 23.4 Å². The highest BCUT2D eigenvalue weighted by molar-refractivity contribution is 6.30. The molecule has 1 aliphatic carbocycles. The van der Waals surface area contributed by atoms with Crippen LogP contribution in [-0.2, 0) is 6.54 Å². The van der Waals surface area contributed by atoms with Gasteiger partial charge in [-0.25, -0.2) is 19.0 Å². The van der Waals surface area contributed by atoms with E-state index in [9.17, 15) is 4.39 Å². The zero-order valence-electron chi connectivity index (χ0n) is 18.7. The minimum Gasteiger partial charge on any atom is -0.424 e.